The fourth-order valence-electron chi connectivity index (χ4n) is 2.46. The molecule has 2 heteroatoms. The van der Waals surface area contributed by atoms with Crippen LogP contribution in [0.3, 0.4) is 0 Å². The second-order valence-electron chi connectivity index (χ2n) is 4.96. The predicted octanol–water partition coefficient (Wildman–Crippen LogP) is 2.90. The maximum absolute atomic E-state index is 11.9. The van der Waals surface area contributed by atoms with E-state index in [0.29, 0.717) is 18.1 Å². The van der Waals surface area contributed by atoms with E-state index in [1.807, 2.05) is 6.92 Å². The number of hydrogen-bond donors (Lipinski definition) is 1. The summed E-state index contributed by atoms with van der Waals surface area (Å²) in [6.45, 7) is 4.30. The first-order valence-corrected chi connectivity index (χ1v) is 6.45. The lowest BCUT2D eigenvalue weighted by atomic mass is 9.78. The van der Waals surface area contributed by atoms with Crippen LogP contribution in [0.4, 0.5) is 0 Å². The molecule has 1 aliphatic carbocycles. The van der Waals surface area contributed by atoms with Crippen LogP contribution < -0.4 is 5.73 Å². The molecule has 1 fully saturated rings. The van der Waals surface area contributed by atoms with Crippen molar-refractivity contribution in [3.05, 3.63) is 0 Å². The van der Waals surface area contributed by atoms with E-state index in [2.05, 4.69) is 6.92 Å². The topological polar surface area (TPSA) is 43.1 Å². The summed E-state index contributed by atoms with van der Waals surface area (Å²) in [7, 11) is 0. The number of rotatable bonds is 5. The number of carbonyl (C=O) groups excluding carboxylic acids is 1. The lowest BCUT2D eigenvalue weighted by Crippen LogP contribution is -2.28. The minimum atomic E-state index is 0.0846. The van der Waals surface area contributed by atoms with Gasteiger partial charge in [0.05, 0.1) is 0 Å². The summed E-state index contributed by atoms with van der Waals surface area (Å²) in [5.41, 5.74) is 5.81. The molecular weight excluding hydrogens is 186 g/mol. The van der Waals surface area contributed by atoms with Gasteiger partial charge in [-0.25, -0.2) is 0 Å². The molecule has 0 spiro atoms. The highest BCUT2D eigenvalue weighted by atomic mass is 16.1. The molecule has 0 aliphatic heterocycles. The molecule has 1 atom stereocenters. The quantitative estimate of drug-likeness (QED) is 0.760. The predicted molar refractivity (Wildman–Crippen MR) is 63.6 cm³/mol. The fraction of sp³-hybridized carbons (Fsp3) is 0.923. The third-order valence-corrected chi connectivity index (χ3v) is 3.87. The van der Waals surface area contributed by atoms with Gasteiger partial charge in [-0.15, -0.1) is 0 Å². The van der Waals surface area contributed by atoms with Gasteiger partial charge >= 0.3 is 0 Å². The van der Waals surface area contributed by atoms with Crippen molar-refractivity contribution in [2.75, 3.05) is 0 Å². The molecule has 1 aliphatic rings. The summed E-state index contributed by atoms with van der Waals surface area (Å²) in [6, 6.07) is 0.0846. The number of ketones is 1. The van der Waals surface area contributed by atoms with E-state index < -0.39 is 0 Å². The Balaban J connectivity index is 2.30. The normalized spacial score (nSPS) is 28.7. The zero-order valence-corrected chi connectivity index (χ0v) is 10.2. The van der Waals surface area contributed by atoms with Crippen LogP contribution >= 0.6 is 0 Å². The number of Topliss-reactive ketones (excluding diaryl/α,β-unsaturated/α-hetero) is 1. The second kappa shape index (κ2) is 6.26. The summed E-state index contributed by atoms with van der Waals surface area (Å²) >= 11 is 0. The Hall–Kier alpha value is -0.370. The van der Waals surface area contributed by atoms with Gasteiger partial charge < -0.3 is 5.73 Å². The maximum atomic E-state index is 11.9. The van der Waals surface area contributed by atoms with Crippen molar-refractivity contribution in [3.8, 4) is 0 Å². The van der Waals surface area contributed by atoms with Gasteiger partial charge in [0.1, 0.15) is 5.78 Å². The molecule has 0 saturated heterocycles. The molecule has 0 aromatic heterocycles. The Kier molecular flexibility index (Phi) is 5.30. The summed E-state index contributed by atoms with van der Waals surface area (Å²) in [5.74, 6) is 1.61. The first-order chi connectivity index (χ1) is 7.17. The minimum absolute atomic E-state index is 0.0846. The van der Waals surface area contributed by atoms with Crippen LogP contribution in [0.1, 0.15) is 58.8 Å². The smallest absolute Gasteiger partial charge is 0.137 e. The van der Waals surface area contributed by atoms with E-state index in [4.69, 9.17) is 5.73 Å². The van der Waals surface area contributed by atoms with E-state index >= 15 is 0 Å². The Morgan fingerprint density at radius 3 is 2.33 bits per heavy atom. The highest BCUT2D eigenvalue weighted by Crippen LogP contribution is 2.31. The van der Waals surface area contributed by atoms with Gasteiger partial charge in [-0.1, -0.05) is 20.3 Å². The van der Waals surface area contributed by atoms with Crippen LogP contribution in [0.2, 0.25) is 0 Å². The lowest BCUT2D eigenvalue weighted by Gasteiger charge is -2.27. The Morgan fingerprint density at radius 2 is 1.87 bits per heavy atom. The van der Waals surface area contributed by atoms with E-state index in [9.17, 15) is 4.79 Å². The largest absolute Gasteiger partial charge is 0.327 e. The van der Waals surface area contributed by atoms with E-state index in [0.717, 1.165) is 25.2 Å². The molecule has 0 amide bonds. The van der Waals surface area contributed by atoms with Gasteiger partial charge in [0.15, 0.2) is 0 Å². The number of carbonyl (C=O) groups is 1. The molecule has 0 heterocycles. The first kappa shape index (κ1) is 12.7. The SMILES string of the molecule is CCC(N)CC(=O)C1CCC(CC)CC1. The van der Waals surface area contributed by atoms with Crippen molar-refractivity contribution in [3.63, 3.8) is 0 Å². The average Bonchev–Trinajstić information content (AvgIpc) is 2.29. The molecule has 0 radical (unpaired) electrons. The summed E-state index contributed by atoms with van der Waals surface area (Å²) < 4.78 is 0. The molecular formula is C13H25NO. The molecule has 0 aromatic carbocycles. The number of nitrogens with two attached hydrogens (primary N) is 1. The second-order valence-corrected chi connectivity index (χ2v) is 4.96. The van der Waals surface area contributed by atoms with Crippen molar-refractivity contribution < 1.29 is 4.79 Å². The Labute approximate surface area is 93.6 Å². The van der Waals surface area contributed by atoms with Crippen molar-refractivity contribution in [2.24, 2.45) is 17.6 Å². The van der Waals surface area contributed by atoms with Crippen LogP contribution in [0.15, 0.2) is 0 Å². The van der Waals surface area contributed by atoms with Crippen LogP contribution in [-0.2, 0) is 4.79 Å². The molecule has 88 valence electrons. The van der Waals surface area contributed by atoms with Crippen LogP contribution in [0.5, 0.6) is 0 Å². The zero-order valence-electron chi connectivity index (χ0n) is 10.2. The number of hydrogen-bond acceptors (Lipinski definition) is 2. The molecule has 2 N–H and O–H groups in total. The highest BCUT2D eigenvalue weighted by molar-refractivity contribution is 5.81. The van der Waals surface area contributed by atoms with Crippen molar-refractivity contribution >= 4 is 5.78 Å². The van der Waals surface area contributed by atoms with E-state index in [1.54, 1.807) is 0 Å². The van der Waals surface area contributed by atoms with Gasteiger partial charge in [-0.3, -0.25) is 4.79 Å². The van der Waals surface area contributed by atoms with Gasteiger partial charge in [-0.05, 0) is 38.0 Å². The molecule has 2 nitrogen and oxygen atoms in total. The molecule has 0 bridgehead atoms. The van der Waals surface area contributed by atoms with E-state index in [-0.39, 0.29) is 6.04 Å². The molecule has 15 heavy (non-hydrogen) atoms. The maximum Gasteiger partial charge on any atom is 0.137 e. The molecule has 1 saturated carbocycles. The Morgan fingerprint density at radius 1 is 1.27 bits per heavy atom. The van der Waals surface area contributed by atoms with Gasteiger partial charge in [-0.2, -0.15) is 0 Å². The first-order valence-electron chi connectivity index (χ1n) is 6.45. The standard InChI is InChI=1S/C13H25NO/c1-3-10-5-7-11(8-6-10)13(15)9-12(14)4-2/h10-12H,3-9,14H2,1-2H3. The summed E-state index contributed by atoms with van der Waals surface area (Å²) in [6.07, 6.45) is 7.48. The van der Waals surface area contributed by atoms with Crippen molar-refractivity contribution in [2.45, 2.75) is 64.8 Å². The van der Waals surface area contributed by atoms with Gasteiger partial charge in [0.25, 0.3) is 0 Å². The van der Waals surface area contributed by atoms with Crippen molar-refractivity contribution in [1.82, 2.24) is 0 Å². The third-order valence-electron chi connectivity index (χ3n) is 3.87. The summed E-state index contributed by atoms with van der Waals surface area (Å²) in [4.78, 5) is 11.9. The third kappa shape index (κ3) is 3.94. The average molecular weight is 211 g/mol. The highest BCUT2D eigenvalue weighted by Gasteiger charge is 2.25. The lowest BCUT2D eigenvalue weighted by molar-refractivity contribution is -0.124. The molecule has 0 aromatic rings. The van der Waals surface area contributed by atoms with Gasteiger partial charge in [0.2, 0.25) is 0 Å². The fourth-order valence-corrected chi connectivity index (χ4v) is 2.46. The monoisotopic (exact) mass is 211 g/mol. The minimum Gasteiger partial charge on any atom is -0.327 e. The molecule has 1 rings (SSSR count). The summed E-state index contributed by atoms with van der Waals surface area (Å²) in [5, 5.41) is 0. The van der Waals surface area contributed by atoms with Crippen LogP contribution in [-0.4, -0.2) is 11.8 Å². The van der Waals surface area contributed by atoms with Gasteiger partial charge in [0, 0.05) is 18.4 Å². The van der Waals surface area contributed by atoms with Crippen molar-refractivity contribution in [1.29, 1.82) is 0 Å². The Bertz CT molecular complexity index is 195. The van der Waals surface area contributed by atoms with E-state index in [1.165, 1.54) is 19.3 Å². The zero-order chi connectivity index (χ0) is 11.3. The van der Waals surface area contributed by atoms with Crippen LogP contribution in [0.25, 0.3) is 0 Å². The molecule has 1 unspecified atom stereocenters. The van der Waals surface area contributed by atoms with Crippen LogP contribution in [0, 0.1) is 11.8 Å².